The molecule has 2 heterocycles. The zero-order chi connectivity index (χ0) is 13.2. The van der Waals surface area contributed by atoms with E-state index in [1.165, 1.54) is 6.42 Å². The Morgan fingerprint density at radius 3 is 2.28 bits per heavy atom. The fourth-order valence-electron chi connectivity index (χ4n) is 1.96. The van der Waals surface area contributed by atoms with Crippen LogP contribution in [0, 0.1) is 0 Å². The second kappa shape index (κ2) is 8.75. The van der Waals surface area contributed by atoms with E-state index in [9.17, 15) is 4.79 Å². The number of hydrogen-bond donors (Lipinski definition) is 0. The van der Waals surface area contributed by atoms with Gasteiger partial charge in [0.15, 0.2) is 0 Å². The van der Waals surface area contributed by atoms with Gasteiger partial charge in [0.1, 0.15) is 0 Å². The lowest BCUT2D eigenvalue weighted by atomic mass is 10.2. The molecule has 1 amide bonds. The van der Waals surface area contributed by atoms with E-state index in [-0.39, 0.29) is 5.91 Å². The van der Waals surface area contributed by atoms with Crippen molar-refractivity contribution in [3.05, 3.63) is 25.6 Å². The Labute approximate surface area is 110 Å². The van der Waals surface area contributed by atoms with E-state index in [0.29, 0.717) is 6.42 Å². The van der Waals surface area contributed by atoms with Gasteiger partial charge in [0.2, 0.25) is 5.91 Å². The van der Waals surface area contributed by atoms with Crippen LogP contribution in [0.2, 0.25) is 0 Å². The summed E-state index contributed by atoms with van der Waals surface area (Å²) in [6.07, 6.45) is 7.54. The van der Waals surface area contributed by atoms with Gasteiger partial charge in [-0.3, -0.25) is 4.79 Å². The average Bonchev–Trinajstić information content (AvgIpc) is 2.64. The number of rotatable bonds is 2. The summed E-state index contributed by atoms with van der Waals surface area (Å²) in [6, 6.07) is 0. The van der Waals surface area contributed by atoms with E-state index >= 15 is 0 Å². The van der Waals surface area contributed by atoms with Crippen molar-refractivity contribution in [2.45, 2.75) is 25.7 Å². The largest absolute Gasteiger partial charge is 0.378 e. The lowest BCUT2D eigenvalue weighted by Crippen LogP contribution is -2.31. The Morgan fingerprint density at radius 1 is 1.00 bits per heavy atom. The third-order valence-corrected chi connectivity index (χ3v) is 3.13. The molecular formula is C14H24N2O2. The van der Waals surface area contributed by atoms with Crippen LogP contribution < -0.4 is 0 Å². The van der Waals surface area contributed by atoms with Gasteiger partial charge in [0.25, 0.3) is 0 Å². The van der Waals surface area contributed by atoms with Crippen molar-refractivity contribution in [2.75, 3.05) is 32.8 Å². The Hall–Kier alpha value is -1.29. The summed E-state index contributed by atoms with van der Waals surface area (Å²) in [6.45, 7) is 11.8. The normalized spacial score (nSPS) is 20.6. The number of likely N-dealkylation sites (tertiary alicyclic amines) is 1. The standard InChI is InChI=1S/C8H13NO.C6H11NO/c1-2-9-7-5-3-4-6-8(9)10;1-2-7-3-5-8-6-4-7/h2H,1,3-7H2;2H,1,3-6H2. The molecule has 0 bridgehead atoms. The number of morpholine rings is 1. The first kappa shape index (κ1) is 14.8. The summed E-state index contributed by atoms with van der Waals surface area (Å²) in [4.78, 5) is 15.0. The molecule has 18 heavy (non-hydrogen) atoms. The maximum Gasteiger partial charge on any atom is 0.226 e. The molecule has 0 aliphatic carbocycles. The lowest BCUT2D eigenvalue weighted by molar-refractivity contribution is -0.128. The fraction of sp³-hybridized carbons (Fsp3) is 0.643. The fourth-order valence-corrected chi connectivity index (χ4v) is 1.96. The van der Waals surface area contributed by atoms with E-state index in [4.69, 9.17) is 4.74 Å². The lowest BCUT2D eigenvalue weighted by Gasteiger charge is -2.24. The average molecular weight is 252 g/mol. The van der Waals surface area contributed by atoms with E-state index < -0.39 is 0 Å². The summed E-state index contributed by atoms with van der Waals surface area (Å²) in [5.41, 5.74) is 0. The number of carbonyl (C=O) groups is 1. The Bertz CT molecular complexity index is 273. The van der Waals surface area contributed by atoms with Gasteiger partial charge in [-0.05, 0) is 25.2 Å². The summed E-state index contributed by atoms with van der Waals surface area (Å²) < 4.78 is 5.11. The second-order valence-electron chi connectivity index (χ2n) is 4.41. The summed E-state index contributed by atoms with van der Waals surface area (Å²) >= 11 is 0. The summed E-state index contributed by atoms with van der Waals surface area (Å²) in [5.74, 6) is 0.229. The van der Waals surface area contributed by atoms with Crippen LogP contribution in [-0.4, -0.2) is 48.6 Å². The monoisotopic (exact) mass is 252 g/mol. The second-order valence-corrected chi connectivity index (χ2v) is 4.41. The van der Waals surface area contributed by atoms with Crippen molar-refractivity contribution < 1.29 is 9.53 Å². The molecule has 2 rings (SSSR count). The molecule has 0 N–H and O–H groups in total. The molecule has 4 heteroatoms. The van der Waals surface area contributed by atoms with Gasteiger partial charge in [-0.25, -0.2) is 0 Å². The van der Waals surface area contributed by atoms with E-state index in [0.717, 1.165) is 45.7 Å². The zero-order valence-electron chi connectivity index (χ0n) is 11.1. The smallest absolute Gasteiger partial charge is 0.226 e. The quantitative estimate of drug-likeness (QED) is 0.753. The predicted octanol–water partition coefficient (Wildman–Crippen LogP) is 1.99. The third kappa shape index (κ3) is 5.36. The van der Waals surface area contributed by atoms with Crippen LogP contribution >= 0.6 is 0 Å². The number of hydrogen-bond acceptors (Lipinski definition) is 3. The van der Waals surface area contributed by atoms with Crippen LogP contribution in [-0.2, 0) is 9.53 Å². The molecule has 4 nitrogen and oxygen atoms in total. The van der Waals surface area contributed by atoms with Crippen molar-refractivity contribution in [2.24, 2.45) is 0 Å². The molecule has 0 radical (unpaired) electrons. The molecular weight excluding hydrogens is 228 g/mol. The van der Waals surface area contributed by atoms with Crippen molar-refractivity contribution >= 4 is 5.91 Å². The molecule has 0 saturated carbocycles. The Morgan fingerprint density at radius 2 is 1.72 bits per heavy atom. The van der Waals surface area contributed by atoms with Crippen LogP contribution in [0.5, 0.6) is 0 Å². The van der Waals surface area contributed by atoms with Crippen LogP contribution in [0.4, 0.5) is 0 Å². The van der Waals surface area contributed by atoms with Gasteiger partial charge in [0.05, 0.1) is 13.2 Å². The maximum atomic E-state index is 11.1. The summed E-state index contributed by atoms with van der Waals surface area (Å²) in [7, 11) is 0. The predicted molar refractivity (Wildman–Crippen MR) is 73.0 cm³/mol. The van der Waals surface area contributed by atoms with Crippen LogP contribution in [0.3, 0.4) is 0 Å². The minimum atomic E-state index is 0.229. The molecule has 0 spiro atoms. The first-order valence-corrected chi connectivity index (χ1v) is 6.64. The van der Waals surface area contributed by atoms with Gasteiger partial charge in [-0.15, -0.1) is 0 Å². The van der Waals surface area contributed by atoms with Gasteiger partial charge >= 0.3 is 0 Å². The molecule has 2 fully saturated rings. The topological polar surface area (TPSA) is 32.8 Å². The SMILES string of the molecule is C=CN1CCCCCC1=O.C=CN1CCOCC1. The molecule has 2 saturated heterocycles. The van der Waals surface area contributed by atoms with Crippen LogP contribution in [0.1, 0.15) is 25.7 Å². The van der Waals surface area contributed by atoms with Crippen molar-refractivity contribution in [1.29, 1.82) is 0 Å². The van der Waals surface area contributed by atoms with Gasteiger partial charge in [0, 0.05) is 26.1 Å². The summed E-state index contributed by atoms with van der Waals surface area (Å²) in [5, 5.41) is 0. The Balaban J connectivity index is 0.000000184. The van der Waals surface area contributed by atoms with Crippen molar-refractivity contribution in [3.8, 4) is 0 Å². The number of carbonyl (C=O) groups excluding carboxylic acids is 1. The molecule has 2 aliphatic heterocycles. The van der Waals surface area contributed by atoms with Gasteiger partial charge in [-0.1, -0.05) is 19.6 Å². The maximum absolute atomic E-state index is 11.1. The van der Waals surface area contributed by atoms with E-state index in [1.807, 2.05) is 6.20 Å². The molecule has 102 valence electrons. The molecule has 0 atom stereocenters. The number of ether oxygens (including phenoxy) is 1. The Kier molecular flexibility index (Phi) is 7.18. The number of amides is 1. The van der Waals surface area contributed by atoms with Crippen LogP contribution in [0.25, 0.3) is 0 Å². The van der Waals surface area contributed by atoms with E-state index in [2.05, 4.69) is 18.1 Å². The highest BCUT2D eigenvalue weighted by atomic mass is 16.5. The van der Waals surface area contributed by atoms with Crippen LogP contribution in [0.15, 0.2) is 25.6 Å². The third-order valence-electron chi connectivity index (χ3n) is 3.13. The van der Waals surface area contributed by atoms with Gasteiger partial charge in [-0.2, -0.15) is 0 Å². The molecule has 0 aromatic rings. The highest BCUT2D eigenvalue weighted by molar-refractivity contribution is 5.77. The minimum absolute atomic E-state index is 0.229. The number of nitrogens with zero attached hydrogens (tertiary/aromatic N) is 2. The molecule has 0 aromatic heterocycles. The van der Waals surface area contributed by atoms with Gasteiger partial charge < -0.3 is 14.5 Å². The minimum Gasteiger partial charge on any atom is -0.378 e. The molecule has 0 unspecified atom stereocenters. The highest BCUT2D eigenvalue weighted by Gasteiger charge is 2.12. The first-order chi connectivity index (χ1) is 8.77. The highest BCUT2D eigenvalue weighted by Crippen LogP contribution is 2.10. The zero-order valence-corrected chi connectivity index (χ0v) is 11.1. The first-order valence-electron chi connectivity index (χ1n) is 6.64. The molecule has 2 aliphatic rings. The molecule has 0 aromatic carbocycles. The van der Waals surface area contributed by atoms with E-state index in [1.54, 1.807) is 11.1 Å². The van der Waals surface area contributed by atoms with Crippen molar-refractivity contribution in [3.63, 3.8) is 0 Å². The van der Waals surface area contributed by atoms with Crippen molar-refractivity contribution in [1.82, 2.24) is 9.80 Å².